The lowest BCUT2D eigenvalue weighted by molar-refractivity contribution is 0.0694. The number of hydrogen-bond donors (Lipinski definition) is 2. The quantitative estimate of drug-likeness (QED) is 0.606. The number of benzene rings is 1. The number of fused-ring (bicyclic) bond motifs is 1. The van der Waals surface area contributed by atoms with Crippen LogP contribution in [0.25, 0.3) is 0 Å². The molecule has 3 rings (SSSR count). The highest BCUT2D eigenvalue weighted by atomic mass is 16.5. The summed E-state index contributed by atoms with van der Waals surface area (Å²) in [5, 5.41) is 7.08. The largest absolute Gasteiger partial charge is 0.487 e. The maximum Gasteiger partial charge on any atom is 0.191 e. The zero-order chi connectivity index (χ0) is 18.7. The molecule has 2 unspecified atom stereocenters. The maximum absolute atomic E-state index is 6.15. The summed E-state index contributed by atoms with van der Waals surface area (Å²) in [5.74, 6) is 2.68. The molecule has 1 saturated carbocycles. The summed E-state index contributed by atoms with van der Waals surface area (Å²) < 4.78 is 6.15. The molecular formula is C21H34N4O. The Morgan fingerprint density at radius 3 is 2.69 bits per heavy atom. The fourth-order valence-electron chi connectivity index (χ4n) is 3.82. The molecule has 1 aromatic carbocycles. The van der Waals surface area contributed by atoms with Gasteiger partial charge in [-0.1, -0.05) is 18.2 Å². The molecule has 5 nitrogen and oxygen atoms in total. The summed E-state index contributed by atoms with van der Waals surface area (Å²) >= 11 is 0. The van der Waals surface area contributed by atoms with Gasteiger partial charge in [-0.15, -0.1) is 0 Å². The lowest BCUT2D eigenvalue weighted by Gasteiger charge is -2.38. The Hall–Kier alpha value is -1.75. The first kappa shape index (κ1) is 19.0. The zero-order valence-corrected chi connectivity index (χ0v) is 16.9. The van der Waals surface area contributed by atoms with E-state index in [0.717, 1.165) is 37.1 Å². The van der Waals surface area contributed by atoms with E-state index in [1.807, 2.05) is 6.07 Å². The van der Waals surface area contributed by atoms with Crippen LogP contribution in [0, 0.1) is 5.92 Å². The molecule has 0 bridgehead atoms. The van der Waals surface area contributed by atoms with Crippen molar-refractivity contribution in [2.45, 2.75) is 57.7 Å². The van der Waals surface area contributed by atoms with Crippen molar-refractivity contribution >= 4 is 5.96 Å². The van der Waals surface area contributed by atoms with Crippen LogP contribution in [0.5, 0.6) is 5.75 Å². The summed E-state index contributed by atoms with van der Waals surface area (Å²) in [6.45, 7) is 8.11. The average molecular weight is 359 g/mol. The fourth-order valence-corrected chi connectivity index (χ4v) is 3.82. The van der Waals surface area contributed by atoms with Crippen LogP contribution in [0.2, 0.25) is 0 Å². The second-order valence-corrected chi connectivity index (χ2v) is 8.39. The van der Waals surface area contributed by atoms with Crippen LogP contribution in [-0.2, 0) is 0 Å². The molecule has 2 atom stereocenters. The van der Waals surface area contributed by atoms with E-state index in [1.54, 1.807) is 0 Å². The molecule has 0 spiro atoms. The number of rotatable bonds is 6. The van der Waals surface area contributed by atoms with Crippen molar-refractivity contribution in [1.82, 2.24) is 15.5 Å². The second-order valence-electron chi connectivity index (χ2n) is 8.39. The van der Waals surface area contributed by atoms with Crippen LogP contribution >= 0.6 is 0 Å². The molecule has 0 saturated heterocycles. The van der Waals surface area contributed by atoms with Crippen LogP contribution in [0.15, 0.2) is 29.3 Å². The van der Waals surface area contributed by atoms with Gasteiger partial charge in [0, 0.05) is 24.6 Å². The zero-order valence-electron chi connectivity index (χ0n) is 16.9. The number of guanidine groups is 1. The maximum atomic E-state index is 6.15. The highest BCUT2D eigenvalue weighted by Gasteiger charge is 2.35. The third-order valence-corrected chi connectivity index (χ3v) is 5.30. The number of nitrogens with zero attached hydrogens (tertiary/aromatic N) is 2. The van der Waals surface area contributed by atoms with Crippen molar-refractivity contribution in [3.8, 4) is 5.75 Å². The van der Waals surface area contributed by atoms with Gasteiger partial charge < -0.3 is 20.3 Å². The lowest BCUT2D eigenvalue weighted by atomic mass is 9.90. The Balaban J connectivity index is 1.75. The van der Waals surface area contributed by atoms with E-state index < -0.39 is 0 Å². The molecule has 1 fully saturated rings. The van der Waals surface area contributed by atoms with Crippen molar-refractivity contribution in [3.05, 3.63) is 29.8 Å². The van der Waals surface area contributed by atoms with Crippen molar-refractivity contribution in [1.29, 1.82) is 0 Å². The number of hydrogen-bond acceptors (Lipinski definition) is 3. The Morgan fingerprint density at radius 1 is 1.31 bits per heavy atom. The second kappa shape index (κ2) is 7.87. The summed E-state index contributed by atoms with van der Waals surface area (Å²) in [7, 11) is 4.33. The number of likely N-dealkylation sites (N-methyl/N-ethyl adjacent to an activating group) is 1. The average Bonchev–Trinajstić information content (AvgIpc) is 3.38. The van der Waals surface area contributed by atoms with Gasteiger partial charge in [0.25, 0.3) is 0 Å². The molecule has 1 heterocycles. The van der Waals surface area contributed by atoms with E-state index >= 15 is 0 Å². The highest BCUT2D eigenvalue weighted by Crippen LogP contribution is 2.39. The number of ether oxygens (including phenoxy) is 1. The molecule has 1 aliphatic heterocycles. The van der Waals surface area contributed by atoms with E-state index in [0.29, 0.717) is 6.04 Å². The Kier molecular flexibility index (Phi) is 5.76. The lowest BCUT2D eigenvalue weighted by Crippen LogP contribution is -2.46. The van der Waals surface area contributed by atoms with Gasteiger partial charge in [0.15, 0.2) is 5.96 Å². The molecule has 0 radical (unpaired) electrons. The summed E-state index contributed by atoms with van der Waals surface area (Å²) in [6, 6.07) is 9.06. The van der Waals surface area contributed by atoms with E-state index in [2.05, 4.69) is 68.6 Å². The topological polar surface area (TPSA) is 48.9 Å². The van der Waals surface area contributed by atoms with Gasteiger partial charge in [0.05, 0.1) is 12.6 Å². The third kappa shape index (κ3) is 4.70. The number of aliphatic imine (C=N–C) groups is 1. The molecule has 144 valence electrons. The minimum absolute atomic E-state index is 0.191. The van der Waals surface area contributed by atoms with E-state index in [-0.39, 0.29) is 11.6 Å². The predicted octanol–water partition coefficient (Wildman–Crippen LogP) is 3.18. The van der Waals surface area contributed by atoms with Crippen molar-refractivity contribution in [2.24, 2.45) is 10.9 Å². The Bertz CT molecular complexity index is 635. The van der Waals surface area contributed by atoms with E-state index in [1.165, 1.54) is 18.4 Å². The molecule has 2 aliphatic rings. The first-order valence-electron chi connectivity index (χ1n) is 9.89. The summed E-state index contributed by atoms with van der Waals surface area (Å²) in [6.07, 6.45) is 3.59. The molecular weight excluding hydrogens is 324 g/mol. The molecule has 0 aromatic heterocycles. The minimum atomic E-state index is -0.191. The molecule has 0 amide bonds. The van der Waals surface area contributed by atoms with Crippen molar-refractivity contribution in [2.75, 3.05) is 27.2 Å². The molecule has 1 aromatic rings. The van der Waals surface area contributed by atoms with Gasteiger partial charge in [0.1, 0.15) is 11.4 Å². The number of para-hydroxylation sites is 1. The van der Waals surface area contributed by atoms with Gasteiger partial charge in [-0.25, -0.2) is 0 Å². The number of nitrogens with one attached hydrogen (secondary N) is 2. The summed E-state index contributed by atoms with van der Waals surface area (Å²) in [4.78, 5) is 7.24. The van der Waals surface area contributed by atoms with Crippen LogP contribution in [-0.4, -0.2) is 49.7 Å². The van der Waals surface area contributed by atoms with Crippen LogP contribution < -0.4 is 15.4 Å². The third-order valence-electron chi connectivity index (χ3n) is 5.30. The standard InChI is InChI=1S/C21H34N4O/c1-6-22-20(23-14-18(25(4)5)15-11-12-15)24-17-13-21(2,3)26-19-10-8-7-9-16(17)19/h7-10,15,17-18H,6,11-14H2,1-5H3,(H2,22,23,24). The molecule has 26 heavy (non-hydrogen) atoms. The molecule has 5 heteroatoms. The summed E-state index contributed by atoms with van der Waals surface area (Å²) in [5.41, 5.74) is 1.02. The Morgan fingerprint density at radius 2 is 2.04 bits per heavy atom. The highest BCUT2D eigenvalue weighted by molar-refractivity contribution is 5.80. The monoisotopic (exact) mass is 358 g/mol. The van der Waals surface area contributed by atoms with Gasteiger partial charge in [-0.05, 0) is 59.7 Å². The van der Waals surface area contributed by atoms with Crippen molar-refractivity contribution in [3.63, 3.8) is 0 Å². The predicted molar refractivity (Wildman–Crippen MR) is 108 cm³/mol. The van der Waals surface area contributed by atoms with Crippen LogP contribution in [0.1, 0.15) is 51.6 Å². The van der Waals surface area contributed by atoms with Crippen molar-refractivity contribution < 1.29 is 4.74 Å². The van der Waals surface area contributed by atoms with Crippen LogP contribution in [0.4, 0.5) is 0 Å². The smallest absolute Gasteiger partial charge is 0.191 e. The SMILES string of the molecule is CCNC(=NCC(C1CC1)N(C)C)NC1CC(C)(C)Oc2ccccc21. The normalized spacial score (nSPS) is 23.2. The van der Waals surface area contributed by atoms with Gasteiger partial charge >= 0.3 is 0 Å². The van der Waals surface area contributed by atoms with Gasteiger partial charge in [-0.2, -0.15) is 0 Å². The molecule has 1 aliphatic carbocycles. The van der Waals surface area contributed by atoms with Gasteiger partial charge in [0.2, 0.25) is 0 Å². The minimum Gasteiger partial charge on any atom is -0.487 e. The van der Waals surface area contributed by atoms with E-state index in [4.69, 9.17) is 9.73 Å². The fraction of sp³-hybridized carbons (Fsp3) is 0.667. The van der Waals surface area contributed by atoms with Crippen LogP contribution in [0.3, 0.4) is 0 Å². The molecule has 2 N–H and O–H groups in total. The first-order valence-corrected chi connectivity index (χ1v) is 9.89. The Labute approximate surface area is 158 Å². The van der Waals surface area contributed by atoms with Gasteiger partial charge in [-0.3, -0.25) is 4.99 Å². The first-order chi connectivity index (χ1) is 12.4. The van der Waals surface area contributed by atoms with E-state index in [9.17, 15) is 0 Å².